The first-order chi connectivity index (χ1) is 25.3. The Kier molecular flexibility index (Phi) is 11.4. The molecule has 2 saturated heterocycles. The van der Waals surface area contributed by atoms with Crippen LogP contribution in [0.3, 0.4) is 0 Å². The van der Waals surface area contributed by atoms with E-state index in [-0.39, 0.29) is 40.1 Å². The average Bonchev–Trinajstić information content (AvgIpc) is 3.14. The number of allylic oxidation sites excluding steroid dienone is 2. The molecule has 1 aliphatic carbocycles. The maximum atomic E-state index is 12.4. The maximum Gasteiger partial charge on any atom is 0.330 e. The van der Waals surface area contributed by atoms with E-state index in [1.165, 1.54) is 54.6 Å². The highest BCUT2D eigenvalue weighted by molar-refractivity contribution is 5.87. The van der Waals surface area contributed by atoms with Crippen LogP contribution in [0.2, 0.25) is 0 Å². The van der Waals surface area contributed by atoms with Crippen molar-refractivity contribution in [2.24, 2.45) is 0 Å². The predicted octanol–water partition coefficient (Wildman–Crippen LogP) is -0.672. The molecular weight excluding hydrogens is 704 g/mol. The molecule has 0 radical (unpaired) electrons. The number of carbonyl (C=O) groups is 1. The normalized spacial score (nSPS) is 32.9. The summed E-state index contributed by atoms with van der Waals surface area (Å²) >= 11 is 0. The number of carbonyl (C=O) groups excluding carboxylic acids is 1. The van der Waals surface area contributed by atoms with Crippen LogP contribution in [-0.4, -0.2) is 138 Å². The van der Waals surface area contributed by atoms with Crippen molar-refractivity contribution in [1.82, 2.24) is 0 Å². The van der Waals surface area contributed by atoms with Crippen LogP contribution in [0.4, 0.5) is 0 Å². The number of hydrogen-bond acceptors (Lipinski definition) is 17. The minimum atomic E-state index is -1.85. The number of fused-ring (bicyclic) bond motifs is 1. The fourth-order valence-electron chi connectivity index (χ4n) is 5.83. The van der Waals surface area contributed by atoms with Crippen molar-refractivity contribution < 1.29 is 84.3 Å². The van der Waals surface area contributed by atoms with Crippen LogP contribution in [0.25, 0.3) is 11.8 Å². The van der Waals surface area contributed by atoms with Gasteiger partial charge in [-0.1, -0.05) is 12.1 Å². The summed E-state index contributed by atoms with van der Waals surface area (Å²) in [5, 5.41) is 103. The topological polar surface area (TPSA) is 275 Å². The summed E-state index contributed by atoms with van der Waals surface area (Å²) in [6, 6.07) is 11.7. The molecule has 1 unspecified atom stereocenters. The van der Waals surface area contributed by atoms with Crippen molar-refractivity contribution in [2.45, 2.75) is 67.5 Å². The van der Waals surface area contributed by atoms with Crippen molar-refractivity contribution in [3.05, 3.63) is 107 Å². The van der Waals surface area contributed by atoms with Gasteiger partial charge in [-0.05, 0) is 54.1 Å². The van der Waals surface area contributed by atoms with E-state index in [2.05, 4.69) is 0 Å². The SMILES string of the molecule is O=C(/C=C/c1ccc(O)cc1)OC[C@H]1O[C@@H](OC2=C(c3ccc(O)cc3)OC3C=C(O)C=C(O[C@@H]4O[C@H](CO)[C@@H](O)[C@H](O)[C@H]4O)C3=C2)[C@H](O)[C@@H](O)[C@@H]1O. The van der Waals surface area contributed by atoms with Gasteiger partial charge in [0.15, 0.2) is 11.5 Å². The molecule has 17 nitrogen and oxygen atoms in total. The van der Waals surface area contributed by atoms with E-state index in [1.54, 1.807) is 12.1 Å². The Labute approximate surface area is 301 Å². The summed E-state index contributed by atoms with van der Waals surface area (Å²) in [6.45, 7) is -1.29. The van der Waals surface area contributed by atoms with Gasteiger partial charge in [-0.2, -0.15) is 0 Å². The molecule has 10 N–H and O–H groups in total. The fraction of sp³-hybridized carbons (Fsp3) is 0.361. The molecule has 284 valence electrons. The van der Waals surface area contributed by atoms with Crippen molar-refractivity contribution in [3.8, 4) is 11.5 Å². The quantitative estimate of drug-likeness (QED) is 0.107. The molecule has 2 aromatic rings. The van der Waals surface area contributed by atoms with Crippen LogP contribution < -0.4 is 0 Å². The second kappa shape index (κ2) is 16.0. The number of aliphatic hydroxyl groups excluding tert-OH is 8. The van der Waals surface area contributed by atoms with Gasteiger partial charge in [0.1, 0.15) is 84.6 Å². The Morgan fingerprint density at radius 1 is 0.717 bits per heavy atom. The highest BCUT2D eigenvalue weighted by Crippen LogP contribution is 2.40. The van der Waals surface area contributed by atoms with Crippen LogP contribution in [0.1, 0.15) is 11.1 Å². The minimum Gasteiger partial charge on any atom is -0.508 e. The van der Waals surface area contributed by atoms with Crippen LogP contribution >= 0.6 is 0 Å². The molecule has 3 aliphatic heterocycles. The van der Waals surface area contributed by atoms with E-state index in [9.17, 15) is 55.9 Å². The van der Waals surface area contributed by atoms with Crippen LogP contribution in [-0.2, 0) is 33.2 Å². The molecule has 0 aromatic heterocycles. The second-order valence-electron chi connectivity index (χ2n) is 12.5. The lowest BCUT2D eigenvalue weighted by Gasteiger charge is -2.41. The Bertz CT molecular complexity index is 1780. The number of ether oxygens (including phenoxy) is 6. The van der Waals surface area contributed by atoms with Crippen molar-refractivity contribution >= 4 is 17.8 Å². The van der Waals surface area contributed by atoms with Gasteiger partial charge in [0, 0.05) is 29.4 Å². The third-order valence-electron chi connectivity index (χ3n) is 8.77. The summed E-state index contributed by atoms with van der Waals surface area (Å²) in [6.07, 6.45) is -11.4. The van der Waals surface area contributed by atoms with E-state index < -0.39 is 86.7 Å². The zero-order valence-electron chi connectivity index (χ0n) is 27.6. The predicted molar refractivity (Wildman–Crippen MR) is 177 cm³/mol. The summed E-state index contributed by atoms with van der Waals surface area (Å²) in [7, 11) is 0. The van der Waals surface area contributed by atoms with Crippen LogP contribution in [0.15, 0.2) is 95.7 Å². The fourth-order valence-corrected chi connectivity index (χ4v) is 5.83. The zero-order chi connectivity index (χ0) is 38.0. The third kappa shape index (κ3) is 8.33. The van der Waals surface area contributed by atoms with Gasteiger partial charge in [0.05, 0.1) is 6.61 Å². The first-order valence-corrected chi connectivity index (χ1v) is 16.3. The summed E-state index contributed by atoms with van der Waals surface area (Å²) in [5.41, 5.74) is 1.07. The van der Waals surface area contributed by atoms with Gasteiger partial charge in [0.2, 0.25) is 12.6 Å². The summed E-state index contributed by atoms with van der Waals surface area (Å²) < 4.78 is 34.5. The number of benzene rings is 2. The van der Waals surface area contributed by atoms with Crippen molar-refractivity contribution in [3.63, 3.8) is 0 Å². The van der Waals surface area contributed by atoms with Crippen molar-refractivity contribution in [1.29, 1.82) is 0 Å². The van der Waals surface area contributed by atoms with E-state index in [0.717, 1.165) is 12.2 Å². The molecule has 53 heavy (non-hydrogen) atoms. The smallest absolute Gasteiger partial charge is 0.330 e. The first kappa shape index (κ1) is 37.8. The van der Waals surface area contributed by atoms with E-state index in [1.807, 2.05) is 0 Å². The first-order valence-electron chi connectivity index (χ1n) is 16.3. The maximum absolute atomic E-state index is 12.4. The molecule has 4 aliphatic rings. The Morgan fingerprint density at radius 2 is 1.30 bits per heavy atom. The molecule has 11 atom stereocenters. The van der Waals surface area contributed by atoms with Gasteiger partial charge >= 0.3 is 5.97 Å². The molecule has 0 amide bonds. The molecule has 0 spiro atoms. The van der Waals surface area contributed by atoms with Gasteiger partial charge in [-0.3, -0.25) is 0 Å². The molecule has 6 rings (SSSR count). The van der Waals surface area contributed by atoms with E-state index >= 15 is 0 Å². The number of phenols is 2. The van der Waals surface area contributed by atoms with Crippen molar-refractivity contribution in [2.75, 3.05) is 13.2 Å². The molecule has 0 saturated carbocycles. The van der Waals surface area contributed by atoms with Gasteiger partial charge < -0.3 is 79.5 Å². The van der Waals surface area contributed by atoms with E-state index in [0.29, 0.717) is 11.1 Å². The molecule has 3 heterocycles. The van der Waals surface area contributed by atoms with Gasteiger partial charge in [-0.25, -0.2) is 4.79 Å². The highest BCUT2D eigenvalue weighted by atomic mass is 16.7. The number of phenolic OH excluding ortho intramolecular Hbond substituents is 2. The molecule has 2 aromatic carbocycles. The lowest BCUT2D eigenvalue weighted by atomic mass is 9.96. The molecule has 17 heteroatoms. The summed E-state index contributed by atoms with van der Waals surface area (Å²) in [5.74, 6) is -1.50. The Morgan fingerprint density at radius 3 is 1.94 bits per heavy atom. The van der Waals surface area contributed by atoms with Crippen LogP contribution in [0, 0.1) is 0 Å². The largest absolute Gasteiger partial charge is 0.508 e. The molecule has 0 bridgehead atoms. The monoisotopic (exact) mass is 742 g/mol. The molecular formula is C36H38O17. The van der Waals surface area contributed by atoms with Gasteiger partial charge in [0.25, 0.3) is 0 Å². The number of aromatic hydroxyl groups is 2. The average molecular weight is 743 g/mol. The third-order valence-corrected chi connectivity index (χ3v) is 8.77. The Hall–Kier alpha value is -4.95. The number of rotatable bonds is 10. The van der Waals surface area contributed by atoms with Crippen LogP contribution in [0.5, 0.6) is 11.5 Å². The van der Waals surface area contributed by atoms with E-state index in [4.69, 9.17) is 28.4 Å². The van der Waals surface area contributed by atoms with Gasteiger partial charge in [-0.15, -0.1) is 0 Å². The standard InChI is InChI=1S/C36H38O17/c37-14-25-28(42)30(44)32(46)35(52-25)50-23-12-20(40)11-22-21(23)13-24(34(49-22)17-4-8-19(39)9-5-17)51-36-33(47)31(45)29(43)26(53-36)15-48-27(41)10-3-16-1-6-18(38)7-2-16/h1-13,22,25-26,28-33,35-40,42-47H,14-15H2/b10-3+/t22?,25-,26-,28-,29-,30+,31+,32-,33-,35-,36-/m1/s1. The second-order valence-corrected chi connectivity index (χ2v) is 12.5. The summed E-state index contributed by atoms with van der Waals surface area (Å²) in [4.78, 5) is 12.4. The number of esters is 1. The highest BCUT2D eigenvalue weighted by Gasteiger charge is 2.48. The number of hydrogen-bond donors (Lipinski definition) is 10. The Balaban J connectivity index is 1.25. The molecule has 2 fully saturated rings. The number of aliphatic hydroxyl groups is 8. The lowest BCUT2D eigenvalue weighted by molar-refractivity contribution is -0.292. The lowest BCUT2D eigenvalue weighted by Crippen LogP contribution is -2.59. The zero-order valence-corrected chi connectivity index (χ0v) is 27.6. The minimum absolute atomic E-state index is 0.00403.